The van der Waals surface area contributed by atoms with Gasteiger partial charge in [-0.15, -0.1) is 0 Å². The Bertz CT molecular complexity index is 789. The molecule has 0 unspecified atom stereocenters. The summed E-state index contributed by atoms with van der Waals surface area (Å²) < 4.78 is 0. The minimum atomic E-state index is -0.460. The molecule has 0 heterocycles. The Balaban J connectivity index is 2.28. The summed E-state index contributed by atoms with van der Waals surface area (Å²) in [5.74, 6) is -0.263. The molecule has 94 valence electrons. The minimum absolute atomic E-state index is 0.0143. The van der Waals surface area contributed by atoms with E-state index in [4.69, 9.17) is 0 Å². The number of nitro benzene ring substituents is 1. The van der Waals surface area contributed by atoms with Gasteiger partial charge in [-0.25, -0.2) is 0 Å². The monoisotopic (exact) mass is 256 g/mol. The smallest absolute Gasteiger partial charge is 0.258 e. The number of nitro groups is 2. The van der Waals surface area contributed by atoms with Crippen LogP contribution < -0.4 is 10.4 Å². The van der Waals surface area contributed by atoms with Crippen molar-refractivity contribution in [2.45, 2.75) is 0 Å². The molecule has 0 aromatic heterocycles. The molecule has 0 N–H and O–H groups in total. The summed E-state index contributed by atoms with van der Waals surface area (Å²) in [6, 6.07) is 4.84. The number of hydrogen-bond donors (Lipinski definition) is 0. The topological polar surface area (TPSA) is 86.3 Å². The first-order valence-electron chi connectivity index (χ1n) is 5.61. The predicted octanol–water partition coefficient (Wildman–Crippen LogP) is 0.886. The average Bonchev–Trinajstić information content (AvgIpc) is 2.75. The van der Waals surface area contributed by atoms with E-state index in [-0.39, 0.29) is 17.3 Å². The number of allylic oxidation sites excluding steroid dienone is 3. The third-order valence-electron chi connectivity index (χ3n) is 3.27. The van der Waals surface area contributed by atoms with Crippen LogP contribution in [-0.2, 0) is 0 Å². The average molecular weight is 256 g/mol. The van der Waals surface area contributed by atoms with Gasteiger partial charge in [0.25, 0.3) is 11.4 Å². The fraction of sp³-hybridized carbons (Fsp3) is 0.0769. The molecular formula is C13H8N2O4. The number of nitrogens with zero attached hydrogens (tertiary/aromatic N) is 2. The first kappa shape index (κ1) is 11.3. The fourth-order valence-electron chi connectivity index (χ4n) is 2.48. The molecule has 0 aliphatic heterocycles. The van der Waals surface area contributed by atoms with Crippen molar-refractivity contribution in [1.82, 2.24) is 0 Å². The zero-order valence-electron chi connectivity index (χ0n) is 9.65. The fourth-order valence-corrected chi connectivity index (χ4v) is 2.48. The van der Waals surface area contributed by atoms with E-state index < -0.39 is 9.85 Å². The third kappa shape index (κ3) is 1.65. The molecule has 1 aromatic carbocycles. The molecule has 3 rings (SSSR count). The standard InChI is InChI=1S/C13H8N2O4/c16-14(17)10-4-5-11-9(7-10)6-8-2-1-3-12(13(8)11)15(18)19/h1-7,9H/t9-/m1/s1. The van der Waals surface area contributed by atoms with Crippen LogP contribution in [0.3, 0.4) is 0 Å². The zero-order valence-corrected chi connectivity index (χ0v) is 9.65. The van der Waals surface area contributed by atoms with Crippen LogP contribution >= 0.6 is 0 Å². The Morgan fingerprint density at radius 1 is 1.00 bits per heavy atom. The maximum atomic E-state index is 11.0. The predicted molar refractivity (Wildman–Crippen MR) is 67.9 cm³/mol. The molecule has 1 atom stereocenters. The number of hydrogen-bond acceptors (Lipinski definition) is 4. The minimum Gasteiger partial charge on any atom is -0.258 e. The lowest BCUT2D eigenvalue weighted by Gasteiger charge is -2.09. The second-order valence-corrected chi connectivity index (χ2v) is 4.33. The summed E-state index contributed by atoms with van der Waals surface area (Å²) in [6.45, 7) is 0. The van der Waals surface area contributed by atoms with E-state index in [1.54, 1.807) is 18.2 Å². The maximum Gasteiger partial charge on any atom is 0.277 e. The molecule has 19 heavy (non-hydrogen) atoms. The Morgan fingerprint density at radius 3 is 2.47 bits per heavy atom. The van der Waals surface area contributed by atoms with Crippen molar-refractivity contribution in [1.29, 1.82) is 0 Å². The molecular weight excluding hydrogens is 248 g/mol. The van der Waals surface area contributed by atoms with Gasteiger partial charge < -0.3 is 0 Å². The lowest BCUT2D eigenvalue weighted by molar-refractivity contribution is -0.419. The van der Waals surface area contributed by atoms with E-state index in [9.17, 15) is 20.2 Å². The van der Waals surface area contributed by atoms with E-state index in [2.05, 4.69) is 0 Å². The lowest BCUT2D eigenvalue weighted by atomic mass is 9.95. The highest BCUT2D eigenvalue weighted by atomic mass is 16.6. The summed E-state index contributed by atoms with van der Waals surface area (Å²) in [6.07, 6.45) is 6.30. The van der Waals surface area contributed by atoms with Gasteiger partial charge in [0.15, 0.2) is 0 Å². The molecule has 2 aliphatic rings. The van der Waals surface area contributed by atoms with Crippen molar-refractivity contribution >= 4 is 17.3 Å². The lowest BCUT2D eigenvalue weighted by Crippen LogP contribution is -2.25. The van der Waals surface area contributed by atoms with Crippen LogP contribution in [0.2, 0.25) is 0 Å². The summed E-state index contributed by atoms with van der Waals surface area (Å²) in [4.78, 5) is 20.9. The number of benzene rings is 1. The van der Waals surface area contributed by atoms with Gasteiger partial charge in [0.05, 0.1) is 15.1 Å². The SMILES string of the molecule is O=[N+]([O-])C1=C[C@H]2C=c3cccc([N+](=O)[O-])c3=C2C=C1. The largest absolute Gasteiger partial charge is 0.277 e. The number of non-ortho nitro benzene ring substituents is 1. The molecule has 6 heteroatoms. The van der Waals surface area contributed by atoms with Gasteiger partial charge in [-0.3, -0.25) is 20.2 Å². The first-order valence-corrected chi connectivity index (χ1v) is 5.61. The molecule has 0 amide bonds. The van der Waals surface area contributed by atoms with E-state index >= 15 is 0 Å². The molecule has 0 saturated carbocycles. The van der Waals surface area contributed by atoms with Gasteiger partial charge in [-0.05, 0) is 10.8 Å². The quantitative estimate of drug-likeness (QED) is 0.580. The molecule has 0 radical (unpaired) electrons. The van der Waals surface area contributed by atoms with Gasteiger partial charge in [0, 0.05) is 24.1 Å². The number of fused-ring (bicyclic) bond motifs is 2. The van der Waals surface area contributed by atoms with Crippen LogP contribution in [0.5, 0.6) is 0 Å². The van der Waals surface area contributed by atoms with Crippen molar-refractivity contribution in [3.63, 3.8) is 0 Å². The Hall–Kier alpha value is -2.76. The first-order chi connectivity index (χ1) is 9.08. The highest BCUT2D eigenvalue weighted by molar-refractivity contribution is 5.76. The van der Waals surface area contributed by atoms with E-state index in [1.165, 1.54) is 18.2 Å². The van der Waals surface area contributed by atoms with Gasteiger partial charge in [0.2, 0.25) is 0 Å². The maximum absolute atomic E-state index is 11.0. The van der Waals surface area contributed by atoms with Crippen LogP contribution in [0.4, 0.5) is 5.69 Å². The summed E-state index contributed by atoms with van der Waals surface area (Å²) >= 11 is 0. The van der Waals surface area contributed by atoms with Crippen molar-refractivity contribution in [2.75, 3.05) is 0 Å². The van der Waals surface area contributed by atoms with E-state index in [1.807, 2.05) is 6.08 Å². The summed E-state index contributed by atoms with van der Waals surface area (Å²) in [5, 5.41) is 23.1. The van der Waals surface area contributed by atoms with Crippen LogP contribution in [0, 0.1) is 26.1 Å². The van der Waals surface area contributed by atoms with Gasteiger partial charge in [-0.1, -0.05) is 24.3 Å². The summed E-state index contributed by atoms with van der Waals surface area (Å²) in [7, 11) is 0. The van der Waals surface area contributed by atoms with Crippen molar-refractivity contribution in [3.8, 4) is 0 Å². The van der Waals surface area contributed by atoms with Gasteiger partial charge in [-0.2, -0.15) is 0 Å². The van der Waals surface area contributed by atoms with Gasteiger partial charge >= 0.3 is 0 Å². The van der Waals surface area contributed by atoms with Gasteiger partial charge in [0.1, 0.15) is 0 Å². The molecule has 0 bridgehead atoms. The number of rotatable bonds is 2. The van der Waals surface area contributed by atoms with Crippen LogP contribution in [0.1, 0.15) is 0 Å². The molecule has 6 nitrogen and oxygen atoms in total. The second kappa shape index (κ2) is 3.88. The van der Waals surface area contributed by atoms with Crippen LogP contribution in [-0.4, -0.2) is 9.85 Å². The van der Waals surface area contributed by atoms with E-state index in [0.717, 1.165) is 10.8 Å². The Labute approximate surface area is 107 Å². The molecule has 0 fully saturated rings. The normalized spacial score (nSPS) is 19.3. The van der Waals surface area contributed by atoms with E-state index in [0.29, 0.717) is 5.22 Å². The highest BCUT2D eigenvalue weighted by Gasteiger charge is 2.25. The van der Waals surface area contributed by atoms with Crippen LogP contribution in [0.15, 0.2) is 42.1 Å². The third-order valence-corrected chi connectivity index (χ3v) is 3.27. The van der Waals surface area contributed by atoms with Crippen molar-refractivity contribution in [3.05, 3.63) is 72.8 Å². The summed E-state index contributed by atoms with van der Waals surface area (Å²) in [5.41, 5.74) is 0.794. The van der Waals surface area contributed by atoms with Crippen LogP contribution in [0.25, 0.3) is 11.6 Å². The Kier molecular flexibility index (Phi) is 2.31. The Morgan fingerprint density at radius 2 is 1.79 bits per heavy atom. The molecule has 0 spiro atoms. The second-order valence-electron chi connectivity index (χ2n) is 4.33. The molecule has 1 aromatic rings. The molecule has 2 aliphatic carbocycles. The molecule has 0 saturated heterocycles. The van der Waals surface area contributed by atoms with Crippen molar-refractivity contribution < 1.29 is 9.85 Å². The van der Waals surface area contributed by atoms with Crippen molar-refractivity contribution in [2.24, 2.45) is 5.92 Å². The highest BCUT2D eigenvalue weighted by Crippen LogP contribution is 2.27. The zero-order chi connectivity index (χ0) is 13.6.